The number of aromatic nitrogens is 2. The zero-order valence-electron chi connectivity index (χ0n) is 17.8. The van der Waals surface area contributed by atoms with Crippen LogP contribution in [0.4, 0.5) is 0 Å². The molecule has 5 nitrogen and oxygen atoms in total. The van der Waals surface area contributed by atoms with Crippen molar-refractivity contribution in [3.63, 3.8) is 0 Å². The van der Waals surface area contributed by atoms with Crippen molar-refractivity contribution in [1.82, 2.24) is 14.9 Å². The summed E-state index contributed by atoms with van der Waals surface area (Å²) in [6.07, 6.45) is 1.68. The Kier molecular flexibility index (Phi) is 6.66. The zero-order valence-corrected chi connectivity index (χ0v) is 18.5. The minimum atomic E-state index is -0.467. The van der Waals surface area contributed by atoms with E-state index in [0.717, 1.165) is 23.8 Å². The number of halogens is 1. The molecule has 0 aliphatic carbocycles. The van der Waals surface area contributed by atoms with E-state index in [9.17, 15) is 9.59 Å². The lowest BCUT2D eigenvalue weighted by atomic mass is 10.1. The molecule has 1 heterocycles. The number of hydrogen-bond donors (Lipinski definition) is 1. The molecule has 0 aliphatic heterocycles. The smallest absolute Gasteiger partial charge is 0.349 e. The molecule has 0 fully saturated rings. The molecule has 0 aliphatic rings. The first-order chi connectivity index (χ1) is 15.5. The third-order valence-corrected chi connectivity index (χ3v) is 5.64. The van der Waals surface area contributed by atoms with Gasteiger partial charge in [0.2, 0.25) is 5.91 Å². The van der Waals surface area contributed by atoms with Crippen molar-refractivity contribution in [2.45, 2.75) is 32.4 Å². The van der Waals surface area contributed by atoms with E-state index in [-0.39, 0.29) is 18.5 Å². The van der Waals surface area contributed by atoms with Crippen LogP contribution in [-0.2, 0) is 17.8 Å². The van der Waals surface area contributed by atoms with Gasteiger partial charge in [-0.2, -0.15) is 4.98 Å². The van der Waals surface area contributed by atoms with Gasteiger partial charge in [-0.15, -0.1) is 0 Å². The second-order valence-corrected chi connectivity index (χ2v) is 8.29. The average molecular weight is 446 g/mol. The minimum absolute atomic E-state index is 0.0179. The van der Waals surface area contributed by atoms with Gasteiger partial charge < -0.3 is 5.32 Å². The topological polar surface area (TPSA) is 64.0 Å². The van der Waals surface area contributed by atoms with E-state index in [1.165, 1.54) is 10.1 Å². The summed E-state index contributed by atoms with van der Waals surface area (Å²) >= 11 is 6.24. The number of nitrogens with zero attached hydrogens (tertiary/aromatic N) is 2. The van der Waals surface area contributed by atoms with Gasteiger partial charge in [0, 0.05) is 22.0 Å². The Bertz CT molecular complexity index is 1290. The van der Waals surface area contributed by atoms with Crippen molar-refractivity contribution in [3.05, 3.63) is 99.9 Å². The summed E-state index contributed by atoms with van der Waals surface area (Å²) in [6.45, 7) is 1.87. The molecule has 1 aromatic heterocycles. The molecule has 1 amide bonds. The van der Waals surface area contributed by atoms with E-state index in [0.29, 0.717) is 16.2 Å². The first kappa shape index (κ1) is 21.8. The van der Waals surface area contributed by atoms with Crippen LogP contribution in [0.2, 0.25) is 5.02 Å². The molecular formula is C26H24ClN3O2. The lowest BCUT2D eigenvalue weighted by Crippen LogP contribution is -2.38. The van der Waals surface area contributed by atoms with Gasteiger partial charge >= 0.3 is 5.69 Å². The van der Waals surface area contributed by atoms with Crippen molar-refractivity contribution >= 4 is 28.4 Å². The molecule has 0 saturated heterocycles. The van der Waals surface area contributed by atoms with E-state index in [2.05, 4.69) is 22.4 Å². The first-order valence-electron chi connectivity index (χ1n) is 10.6. The third kappa shape index (κ3) is 5.06. The number of hydrogen-bond acceptors (Lipinski definition) is 3. The molecule has 0 radical (unpaired) electrons. The van der Waals surface area contributed by atoms with Gasteiger partial charge in [-0.05, 0) is 43.5 Å². The lowest BCUT2D eigenvalue weighted by molar-refractivity contribution is -0.122. The summed E-state index contributed by atoms with van der Waals surface area (Å²) in [6, 6.07) is 24.9. The largest absolute Gasteiger partial charge is 0.352 e. The van der Waals surface area contributed by atoms with Crippen molar-refractivity contribution < 1.29 is 4.79 Å². The number of benzene rings is 3. The van der Waals surface area contributed by atoms with Crippen molar-refractivity contribution in [2.24, 2.45) is 0 Å². The van der Waals surface area contributed by atoms with Crippen molar-refractivity contribution in [2.75, 3.05) is 0 Å². The van der Waals surface area contributed by atoms with Crippen LogP contribution >= 0.6 is 11.6 Å². The normalized spacial score (nSPS) is 11.9. The van der Waals surface area contributed by atoms with Crippen LogP contribution in [0.25, 0.3) is 22.2 Å². The van der Waals surface area contributed by atoms with Gasteiger partial charge in [0.25, 0.3) is 0 Å². The van der Waals surface area contributed by atoms with Gasteiger partial charge in [0.1, 0.15) is 6.54 Å². The number of nitrogens with one attached hydrogen (secondary N) is 1. The Morgan fingerprint density at radius 2 is 1.72 bits per heavy atom. The fourth-order valence-corrected chi connectivity index (χ4v) is 3.96. The van der Waals surface area contributed by atoms with Crippen LogP contribution in [0.3, 0.4) is 0 Å². The molecular weight excluding hydrogens is 422 g/mol. The van der Waals surface area contributed by atoms with Gasteiger partial charge in [-0.3, -0.25) is 9.36 Å². The maximum absolute atomic E-state index is 12.9. The number of carbonyl (C=O) groups is 1. The quantitative estimate of drug-likeness (QED) is 0.442. The Hall–Kier alpha value is -3.44. The molecule has 6 heteroatoms. The van der Waals surface area contributed by atoms with Crippen LogP contribution in [0.5, 0.6) is 0 Å². The van der Waals surface area contributed by atoms with Gasteiger partial charge in [-0.1, -0.05) is 72.3 Å². The van der Waals surface area contributed by atoms with Crippen LogP contribution in [0, 0.1) is 0 Å². The molecule has 1 N–H and O–H groups in total. The third-order valence-electron chi connectivity index (χ3n) is 5.41. The lowest BCUT2D eigenvalue weighted by Gasteiger charge is -2.16. The molecule has 0 saturated carbocycles. The van der Waals surface area contributed by atoms with E-state index in [1.54, 1.807) is 18.2 Å². The Balaban J connectivity index is 1.56. The predicted octanol–water partition coefficient (Wildman–Crippen LogP) is 4.85. The zero-order chi connectivity index (χ0) is 22.5. The SMILES string of the molecule is CC(CCc1ccccc1)NC(=O)Cn1c(=O)nc(-c2ccccc2)c2cc(Cl)ccc21. The Morgan fingerprint density at radius 3 is 2.44 bits per heavy atom. The maximum atomic E-state index is 12.9. The first-order valence-corrected chi connectivity index (χ1v) is 11.0. The molecule has 4 rings (SSSR count). The summed E-state index contributed by atoms with van der Waals surface area (Å²) < 4.78 is 1.40. The van der Waals surface area contributed by atoms with Gasteiger partial charge in [-0.25, -0.2) is 4.79 Å². The second kappa shape index (κ2) is 9.79. The standard InChI is InChI=1S/C26H24ClN3O2/c1-18(12-13-19-8-4-2-5-9-19)28-24(31)17-30-23-15-14-21(27)16-22(23)25(29-26(30)32)20-10-6-3-7-11-20/h2-11,14-16,18H,12-13,17H2,1H3,(H,28,31). The van der Waals surface area contributed by atoms with E-state index in [4.69, 9.17) is 11.6 Å². The number of aryl methyl sites for hydroxylation is 1. The van der Waals surface area contributed by atoms with Gasteiger partial charge in [0.05, 0.1) is 11.2 Å². The summed E-state index contributed by atoms with van der Waals surface area (Å²) in [5, 5.41) is 4.27. The summed E-state index contributed by atoms with van der Waals surface area (Å²) in [7, 11) is 0. The molecule has 32 heavy (non-hydrogen) atoms. The summed E-state index contributed by atoms with van der Waals surface area (Å²) in [5.74, 6) is -0.224. The summed E-state index contributed by atoms with van der Waals surface area (Å²) in [4.78, 5) is 29.9. The molecule has 4 aromatic rings. The highest BCUT2D eigenvalue weighted by atomic mass is 35.5. The monoisotopic (exact) mass is 445 g/mol. The molecule has 0 spiro atoms. The van der Waals surface area contributed by atoms with Crippen LogP contribution in [0.1, 0.15) is 18.9 Å². The molecule has 0 bridgehead atoms. The average Bonchev–Trinajstić information content (AvgIpc) is 2.80. The highest BCUT2D eigenvalue weighted by Crippen LogP contribution is 2.27. The maximum Gasteiger partial charge on any atom is 0.349 e. The van der Waals surface area contributed by atoms with E-state index in [1.807, 2.05) is 55.5 Å². The van der Waals surface area contributed by atoms with E-state index >= 15 is 0 Å². The molecule has 3 aromatic carbocycles. The molecule has 1 atom stereocenters. The minimum Gasteiger partial charge on any atom is -0.352 e. The number of fused-ring (bicyclic) bond motifs is 1. The highest BCUT2D eigenvalue weighted by Gasteiger charge is 2.16. The van der Waals surface area contributed by atoms with Gasteiger partial charge in [0.15, 0.2) is 0 Å². The summed E-state index contributed by atoms with van der Waals surface area (Å²) in [5.41, 5.74) is 2.77. The fourth-order valence-electron chi connectivity index (χ4n) is 3.79. The second-order valence-electron chi connectivity index (χ2n) is 7.85. The van der Waals surface area contributed by atoms with Crippen molar-refractivity contribution in [1.29, 1.82) is 0 Å². The van der Waals surface area contributed by atoms with E-state index < -0.39 is 5.69 Å². The Labute approximate surface area is 191 Å². The van der Waals surface area contributed by atoms with Crippen molar-refractivity contribution in [3.8, 4) is 11.3 Å². The molecule has 162 valence electrons. The predicted molar refractivity (Wildman–Crippen MR) is 129 cm³/mol. The highest BCUT2D eigenvalue weighted by molar-refractivity contribution is 6.31. The Morgan fingerprint density at radius 1 is 1.03 bits per heavy atom. The van der Waals surface area contributed by atoms with Crippen LogP contribution < -0.4 is 11.0 Å². The molecule has 1 unspecified atom stereocenters. The van der Waals surface area contributed by atoms with Crippen LogP contribution in [0.15, 0.2) is 83.7 Å². The number of carbonyl (C=O) groups excluding carboxylic acids is 1. The number of amides is 1. The van der Waals surface area contributed by atoms with Crippen LogP contribution in [-0.4, -0.2) is 21.5 Å². The number of rotatable bonds is 7. The fraction of sp³-hybridized carbons (Fsp3) is 0.192.